The second kappa shape index (κ2) is 14.9. The molecule has 0 saturated carbocycles. The fraction of sp³-hybridized carbons (Fsp3) is 0.655. The van der Waals surface area contributed by atoms with Crippen LogP contribution in [-0.2, 0) is 66.7 Å². The van der Waals surface area contributed by atoms with Crippen molar-refractivity contribution in [3.8, 4) is 11.5 Å². The van der Waals surface area contributed by atoms with E-state index in [2.05, 4.69) is 19.6 Å². The van der Waals surface area contributed by atoms with Crippen LogP contribution in [0, 0.1) is 5.92 Å². The summed E-state index contributed by atoms with van der Waals surface area (Å²) in [6, 6.07) is 4.22. The normalized spacial score (nSPS) is 28.4. The van der Waals surface area contributed by atoms with Gasteiger partial charge in [-0.1, -0.05) is 0 Å². The van der Waals surface area contributed by atoms with Gasteiger partial charge >= 0.3 is 257 Å². The molecule has 1 aliphatic carbocycles. The molecule has 2 saturated heterocycles. The summed E-state index contributed by atoms with van der Waals surface area (Å²) >= 11 is 0.313. The van der Waals surface area contributed by atoms with E-state index < -0.39 is 54.6 Å². The summed E-state index contributed by atoms with van der Waals surface area (Å²) in [5.41, 5.74) is 2.00. The van der Waals surface area contributed by atoms with E-state index in [-0.39, 0.29) is 0 Å². The molecule has 2 aliphatic heterocycles. The Morgan fingerprint density at radius 3 is 2.30 bits per heavy atom. The Morgan fingerprint density at radius 1 is 1.00 bits per heavy atom. The summed E-state index contributed by atoms with van der Waals surface area (Å²) in [6.07, 6.45) is -2.62. The van der Waals surface area contributed by atoms with Crippen molar-refractivity contribution >= 4 is 42.7 Å². The predicted molar refractivity (Wildman–Crippen MR) is 157 cm³/mol. The minimum atomic E-state index is -1.56. The van der Waals surface area contributed by atoms with Crippen LogP contribution in [0.1, 0.15) is 58.1 Å². The SMILES string of the molecule is CCCN1CCC[C@@H]2Cc3c(ccc(O[SH-]#P)c3O[C@@H]3O[C@H](C(=O)OC)[C@@H](OC(C)=O)[C@H](OC(C)=O)[C@H]3OC(C)=O)C[C@H]21. The number of rotatable bonds is 9. The molecule has 238 valence electrons. The van der Waals surface area contributed by atoms with Crippen molar-refractivity contribution < 1.29 is 51.8 Å². The number of carbonyl (C=O) groups is 4. The van der Waals surface area contributed by atoms with Crippen LogP contribution in [0.4, 0.5) is 0 Å². The number of ether oxygens (including phenoxy) is 6. The van der Waals surface area contributed by atoms with Crippen LogP contribution >= 0.6 is 7.81 Å². The fourth-order valence-electron chi connectivity index (χ4n) is 6.40. The van der Waals surface area contributed by atoms with Crippen molar-refractivity contribution in [3.63, 3.8) is 0 Å². The quantitative estimate of drug-likeness (QED) is 0.129. The number of methoxy groups -OCH3 is 1. The molecule has 0 unspecified atom stereocenters. The maximum absolute atomic E-state index is 12.9. The van der Waals surface area contributed by atoms with Gasteiger partial charge in [0.05, 0.1) is 0 Å². The Kier molecular flexibility index (Phi) is 11.6. The van der Waals surface area contributed by atoms with E-state index in [1.54, 1.807) is 6.07 Å². The zero-order chi connectivity index (χ0) is 31.3. The van der Waals surface area contributed by atoms with Gasteiger partial charge in [0.15, 0.2) is 0 Å². The van der Waals surface area contributed by atoms with Crippen LogP contribution in [0.25, 0.3) is 0 Å². The van der Waals surface area contributed by atoms with Gasteiger partial charge in [-0.25, -0.2) is 0 Å². The molecule has 0 N–H and O–H groups in total. The molecule has 43 heavy (non-hydrogen) atoms. The average molecular weight is 641 g/mol. The van der Waals surface area contributed by atoms with Crippen LogP contribution in [0.15, 0.2) is 12.1 Å². The number of fused-ring (bicyclic) bond motifs is 2. The molecular formula is C29H39NO11PS-. The first kappa shape index (κ1) is 33.3. The van der Waals surface area contributed by atoms with Gasteiger partial charge in [0.1, 0.15) is 0 Å². The third-order valence-corrected chi connectivity index (χ3v) is 8.49. The van der Waals surface area contributed by atoms with Gasteiger partial charge in [0, 0.05) is 0 Å². The van der Waals surface area contributed by atoms with Crippen LogP contribution in [0.2, 0.25) is 0 Å². The first-order valence-electron chi connectivity index (χ1n) is 14.4. The van der Waals surface area contributed by atoms with E-state index in [4.69, 9.17) is 32.6 Å². The van der Waals surface area contributed by atoms with Crippen LogP contribution in [-0.4, -0.2) is 85.7 Å². The molecule has 0 spiro atoms. The number of likely N-dealkylation sites (tertiary alicyclic amines) is 1. The van der Waals surface area contributed by atoms with E-state index in [1.807, 2.05) is 6.07 Å². The molecule has 14 heteroatoms. The van der Waals surface area contributed by atoms with Crippen molar-refractivity contribution in [2.75, 3.05) is 20.2 Å². The summed E-state index contributed by atoms with van der Waals surface area (Å²) in [6.45, 7) is 7.73. The van der Waals surface area contributed by atoms with Gasteiger partial charge in [-0.15, -0.1) is 0 Å². The van der Waals surface area contributed by atoms with Crippen LogP contribution < -0.4 is 8.92 Å². The monoisotopic (exact) mass is 640 g/mol. The number of esters is 4. The summed E-state index contributed by atoms with van der Waals surface area (Å²) in [5.74, 6) is -2.07. The summed E-state index contributed by atoms with van der Waals surface area (Å²) in [7, 11) is 5.35. The molecule has 2 fully saturated rings. The number of piperidine rings is 1. The number of benzene rings is 1. The topological polar surface area (TPSA) is 136 Å². The Bertz CT molecular complexity index is 1270. The van der Waals surface area contributed by atoms with Gasteiger partial charge in [-0.05, 0) is 0 Å². The summed E-state index contributed by atoms with van der Waals surface area (Å²) in [5, 5.41) is 0. The second-order valence-corrected chi connectivity index (χ2v) is 11.7. The van der Waals surface area contributed by atoms with Gasteiger partial charge in [0.25, 0.3) is 0 Å². The zero-order valence-electron chi connectivity index (χ0n) is 25.0. The van der Waals surface area contributed by atoms with Crippen molar-refractivity contribution in [1.82, 2.24) is 4.90 Å². The van der Waals surface area contributed by atoms with Gasteiger partial charge in [-0.3, -0.25) is 0 Å². The molecule has 0 bridgehead atoms. The van der Waals surface area contributed by atoms with E-state index in [1.165, 1.54) is 6.92 Å². The summed E-state index contributed by atoms with van der Waals surface area (Å²) in [4.78, 5) is 51.9. The van der Waals surface area contributed by atoms with Crippen molar-refractivity contribution in [2.24, 2.45) is 5.92 Å². The first-order chi connectivity index (χ1) is 20.6. The average Bonchev–Trinajstić information content (AvgIpc) is 2.95. The third kappa shape index (κ3) is 7.74. The molecule has 12 nitrogen and oxygen atoms in total. The number of thiol groups is 1. The molecular weight excluding hydrogens is 601 g/mol. The van der Waals surface area contributed by atoms with E-state index in [9.17, 15) is 19.2 Å². The number of carbonyl (C=O) groups excluding carboxylic acids is 4. The Hall–Kier alpha value is -2.60. The minimum absolute atomic E-state index is 0.313. The number of hydrogen-bond donors (Lipinski definition) is 0. The van der Waals surface area contributed by atoms with E-state index in [0.29, 0.717) is 40.9 Å². The first-order valence-corrected chi connectivity index (χ1v) is 16.4. The molecule has 4 rings (SSSR count). The van der Waals surface area contributed by atoms with Crippen molar-refractivity contribution in [3.05, 3.63) is 23.3 Å². The number of nitrogens with zero attached hydrogens (tertiary/aromatic N) is 1. The van der Waals surface area contributed by atoms with Gasteiger partial charge in [-0.2, -0.15) is 0 Å². The van der Waals surface area contributed by atoms with E-state index in [0.717, 1.165) is 70.9 Å². The molecule has 0 amide bonds. The Labute approximate surface area is 256 Å². The van der Waals surface area contributed by atoms with Crippen molar-refractivity contribution in [1.29, 1.82) is 0 Å². The number of hydrogen-bond acceptors (Lipinski definition) is 13. The maximum atomic E-state index is 12.9. The zero-order valence-corrected chi connectivity index (χ0v) is 26.8. The molecule has 1 aromatic carbocycles. The molecule has 2 heterocycles. The van der Waals surface area contributed by atoms with Gasteiger partial charge < -0.3 is 0 Å². The Balaban J connectivity index is 1.78. The Morgan fingerprint density at radius 2 is 1.67 bits per heavy atom. The molecule has 7 atom stereocenters. The predicted octanol–water partition coefficient (Wildman–Crippen LogP) is 2.78. The van der Waals surface area contributed by atoms with E-state index >= 15 is 0 Å². The van der Waals surface area contributed by atoms with Gasteiger partial charge in [0.2, 0.25) is 0 Å². The molecule has 3 aliphatic rings. The molecule has 0 radical (unpaired) electrons. The van der Waals surface area contributed by atoms with Crippen LogP contribution in [0.3, 0.4) is 0 Å². The van der Waals surface area contributed by atoms with Crippen LogP contribution in [0.5, 0.6) is 11.5 Å². The third-order valence-electron chi connectivity index (χ3n) is 7.97. The molecule has 0 aromatic heterocycles. The van der Waals surface area contributed by atoms with Crippen molar-refractivity contribution in [2.45, 2.75) is 96.5 Å². The fourth-order valence-corrected chi connectivity index (χ4v) is 6.89. The summed E-state index contributed by atoms with van der Waals surface area (Å²) < 4.78 is 39.7. The molecule has 1 aromatic rings. The second-order valence-electron chi connectivity index (χ2n) is 10.9. The standard InChI is InChI=1S/C29H39NO11PS/c1-6-11-30-12-7-8-19-13-20-18(14-21(19)30)9-10-22(41-43-42)23(20)39-29-27(38-17(4)33)25(37-16(3)32)24(36-15(2)31)26(40-29)28(34)35-5/h9-10,19,21,24-27,29,43H,6-8,11-14H2,1-5H3/q-1/t19-,21-,24+,25+,26+,27-,29-/m1/s1.